The predicted molar refractivity (Wildman–Crippen MR) is 74.8 cm³/mol. The van der Waals surface area contributed by atoms with E-state index < -0.39 is 5.41 Å². The van der Waals surface area contributed by atoms with Crippen molar-refractivity contribution in [2.24, 2.45) is 0 Å². The molecule has 4 heteroatoms. The standard InChI is InChI=1S/C14H16BrNO2/c1-9(17)6-7-14(2)11-8-10(15)4-5-12(11)16(3)13(14)18/h4-5,8H,6-7H2,1-3H3. The zero-order valence-electron chi connectivity index (χ0n) is 10.8. The number of nitrogens with zero attached hydrogens (tertiary/aromatic N) is 1. The van der Waals surface area contributed by atoms with E-state index in [0.29, 0.717) is 12.8 Å². The van der Waals surface area contributed by atoms with Crippen molar-refractivity contribution in [1.29, 1.82) is 0 Å². The first-order chi connectivity index (χ1) is 8.36. The third-order valence-electron chi connectivity index (χ3n) is 3.67. The Morgan fingerprint density at radius 3 is 2.72 bits per heavy atom. The van der Waals surface area contributed by atoms with Crippen molar-refractivity contribution in [1.82, 2.24) is 0 Å². The van der Waals surface area contributed by atoms with Gasteiger partial charge in [-0.25, -0.2) is 0 Å². The van der Waals surface area contributed by atoms with Crippen molar-refractivity contribution < 1.29 is 9.59 Å². The van der Waals surface area contributed by atoms with Crippen LogP contribution in [0.3, 0.4) is 0 Å². The van der Waals surface area contributed by atoms with Gasteiger partial charge in [0, 0.05) is 23.6 Å². The van der Waals surface area contributed by atoms with E-state index in [1.807, 2.05) is 25.1 Å². The van der Waals surface area contributed by atoms with Gasteiger partial charge in [-0.2, -0.15) is 0 Å². The fourth-order valence-corrected chi connectivity index (χ4v) is 2.87. The molecule has 2 rings (SSSR count). The van der Waals surface area contributed by atoms with Gasteiger partial charge in [-0.1, -0.05) is 15.9 Å². The summed E-state index contributed by atoms with van der Waals surface area (Å²) in [6.45, 7) is 3.49. The van der Waals surface area contributed by atoms with Crippen LogP contribution in [0, 0.1) is 0 Å². The van der Waals surface area contributed by atoms with E-state index in [1.165, 1.54) is 0 Å². The highest BCUT2D eigenvalue weighted by molar-refractivity contribution is 9.10. The van der Waals surface area contributed by atoms with Crippen molar-refractivity contribution in [3.05, 3.63) is 28.2 Å². The second kappa shape index (κ2) is 4.50. The maximum Gasteiger partial charge on any atom is 0.237 e. The third-order valence-corrected chi connectivity index (χ3v) is 4.16. The van der Waals surface area contributed by atoms with Crippen LogP contribution in [0.5, 0.6) is 0 Å². The molecule has 18 heavy (non-hydrogen) atoms. The summed E-state index contributed by atoms with van der Waals surface area (Å²) in [6.07, 6.45) is 0.997. The summed E-state index contributed by atoms with van der Waals surface area (Å²) >= 11 is 3.44. The third kappa shape index (κ3) is 1.99. The quantitative estimate of drug-likeness (QED) is 0.860. The van der Waals surface area contributed by atoms with Gasteiger partial charge in [0.05, 0.1) is 5.41 Å². The monoisotopic (exact) mass is 309 g/mol. The Morgan fingerprint density at radius 2 is 2.11 bits per heavy atom. The molecule has 1 aromatic carbocycles. The average molecular weight is 310 g/mol. The van der Waals surface area contributed by atoms with E-state index >= 15 is 0 Å². The number of hydrogen-bond acceptors (Lipinski definition) is 2. The normalized spacial score (nSPS) is 22.2. The molecule has 0 N–H and O–H groups in total. The van der Waals surface area contributed by atoms with Crippen molar-refractivity contribution in [3.8, 4) is 0 Å². The molecule has 0 radical (unpaired) electrons. The maximum atomic E-state index is 12.4. The number of halogens is 1. The number of Topliss-reactive ketones (excluding diaryl/α,β-unsaturated/α-hetero) is 1. The molecule has 1 atom stereocenters. The average Bonchev–Trinajstić information content (AvgIpc) is 2.50. The molecule has 0 saturated carbocycles. The van der Waals surface area contributed by atoms with Crippen LogP contribution in [-0.2, 0) is 15.0 Å². The van der Waals surface area contributed by atoms with Crippen LogP contribution >= 0.6 is 15.9 Å². The van der Waals surface area contributed by atoms with Crippen LogP contribution in [0.2, 0.25) is 0 Å². The Kier molecular flexibility index (Phi) is 3.32. The van der Waals surface area contributed by atoms with Crippen molar-refractivity contribution >= 4 is 33.3 Å². The first-order valence-electron chi connectivity index (χ1n) is 5.94. The summed E-state index contributed by atoms with van der Waals surface area (Å²) in [5, 5.41) is 0. The second-order valence-electron chi connectivity index (χ2n) is 5.06. The number of benzene rings is 1. The number of rotatable bonds is 3. The van der Waals surface area contributed by atoms with Crippen LogP contribution in [0.25, 0.3) is 0 Å². The largest absolute Gasteiger partial charge is 0.314 e. The van der Waals surface area contributed by atoms with Gasteiger partial charge >= 0.3 is 0 Å². The molecule has 96 valence electrons. The van der Waals surface area contributed by atoms with Crippen LogP contribution < -0.4 is 4.90 Å². The Bertz CT molecular complexity index is 527. The topological polar surface area (TPSA) is 37.4 Å². The van der Waals surface area contributed by atoms with Gasteiger partial charge in [-0.3, -0.25) is 4.79 Å². The van der Waals surface area contributed by atoms with Crippen LogP contribution in [0.15, 0.2) is 22.7 Å². The Morgan fingerprint density at radius 1 is 1.44 bits per heavy atom. The maximum absolute atomic E-state index is 12.4. The fraction of sp³-hybridized carbons (Fsp3) is 0.429. The SMILES string of the molecule is CC(=O)CCC1(C)C(=O)N(C)c2ccc(Br)cc21. The number of likely N-dealkylation sites (N-methyl/N-ethyl adjacent to an activating group) is 1. The zero-order chi connectivity index (χ0) is 13.5. The summed E-state index contributed by atoms with van der Waals surface area (Å²) in [5.74, 6) is 0.187. The highest BCUT2D eigenvalue weighted by Crippen LogP contribution is 2.44. The molecule has 1 aromatic rings. The Hall–Kier alpha value is -1.16. The lowest BCUT2D eigenvalue weighted by molar-refractivity contribution is -0.123. The molecule has 3 nitrogen and oxygen atoms in total. The number of carbonyl (C=O) groups is 2. The van der Waals surface area contributed by atoms with E-state index in [2.05, 4.69) is 15.9 Å². The number of ketones is 1. The molecule has 0 fully saturated rings. The molecule has 0 spiro atoms. The smallest absolute Gasteiger partial charge is 0.237 e. The second-order valence-corrected chi connectivity index (χ2v) is 5.98. The predicted octanol–water partition coefficient (Wildman–Crippen LogP) is 3.05. The first-order valence-corrected chi connectivity index (χ1v) is 6.73. The molecule has 1 unspecified atom stereocenters. The number of fused-ring (bicyclic) bond motifs is 1. The summed E-state index contributed by atoms with van der Waals surface area (Å²) in [5.41, 5.74) is 1.36. The molecule has 0 saturated heterocycles. The summed E-state index contributed by atoms with van der Waals surface area (Å²) in [6, 6.07) is 5.85. The van der Waals surface area contributed by atoms with E-state index in [4.69, 9.17) is 0 Å². The highest BCUT2D eigenvalue weighted by Gasteiger charge is 2.45. The molecule has 1 heterocycles. The summed E-state index contributed by atoms with van der Waals surface area (Å²) < 4.78 is 0.957. The van der Waals surface area contributed by atoms with Crippen molar-refractivity contribution in [2.75, 3.05) is 11.9 Å². The molecule has 0 aromatic heterocycles. The Balaban J connectivity index is 2.46. The molecule has 1 amide bonds. The van der Waals surface area contributed by atoms with E-state index in [9.17, 15) is 9.59 Å². The van der Waals surface area contributed by atoms with Gasteiger partial charge in [0.25, 0.3) is 0 Å². The minimum absolute atomic E-state index is 0.0665. The van der Waals surface area contributed by atoms with Crippen LogP contribution in [0.1, 0.15) is 32.3 Å². The van der Waals surface area contributed by atoms with Gasteiger partial charge in [0.1, 0.15) is 5.78 Å². The van der Waals surface area contributed by atoms with Gasteiger partial charge in [-0.15, -0.1) is 0 Å². The number of carbonyl (C=O) groups excluding carboxylic acids is 2. The minimum Gasteiger partial charge on any atom is -0.314 e. The molecule has 0 bridgehead atoms. The van der Waals surface area contributed by atoms with E-state index in [1.54, 1.807) is 18.9 Å². The van der Waals surface area contributed by atoms with Crippen LogP contribution in [0.4, 0.5) is 5.69 Å². The van der Waals surface area contributed by atoms with Gasteiger partial charge < -0.3 is 9.69 Å². The number of anilines is 1. The molecule has 1 aliphatic heterocycles. The lowest BCUT2D eigenvalue weighted by Gasteiger charge is -2.22. The Labute approximate surface area is 115 Å². The van der Waals surface area contributed by atoms with Gasteiger partial charge in [-0.05, 0) is 44.0 Å². The van der Waals surface area contributed by atoms with Crippen LogP contribution in [-0.4, -0.2) is 18.7 Å². The first kappa shape index (κ1) is 13.3. The molecule has 0 aliphatic carbocycles. The number of hydrogen-bond donors (Lipinski definition) is 0. The lowest BCUT2D eigenvalue weighted by atomic mass is 9.79. The zero-order valence-corrected chi connectivity index (χ0v) is 12.4. The minimum atomic E-state index is -0.584. The fourth-order valence-electron chi connectivity index (χ4n) is 2.51. The molecular formula is C14H16BrNO2. The van der Waals surface area contributed by atoms with E-state index in [-0.39, 0.29) is 11.7 Å². The van der Waals surface area contributed by atoms with Crippen molar-refractivity contribution in [2.45, 2.75) is 32.1 Å². The van der Waals surface area contributed by atoms with Crippen molar-refractivity contribution in [3.63, 3.8) is 0 Å². The summed E-state index contributed by atoms with van der Waals surface area (Å²) in [4.78, 5) is 25.3. The number of amides is 1. The summed E-state index contributed by atoms with van der Waals surface area (Å²) in [7, 11) is 1.79. The van der Waals surface area contributed by atoms with Gasteiger partial charge in [0.2, 0.25) is 5.91 Å². The molecule has 1 aliphatic rings. The van der Waals surface area contributed by atoms with Gasteiger partial charge in [0.15, 0.2) is 0 Å². The highest BCUT2D eigenvalue weighted by atomic mass is 79.9. The van der Waals surface area contributed by atoms with E-state index in [0.717, 1.165) is 15.7 Å². The molecular weight excluding hydrogens is 294 g/mol. The lowest BCUT2D eigenvalue weighted by Crippen LogP contribution is -2.36.